The molecule has 0 aliphatic rings. The number of hydrogen-bond donors (Lipinski definition) is 1. The molecule has 0 spiro atoms. The molecule has 0 amide bonds. The Morgan fingerprint density at radius 2 is 2.14 bits per heavy atom. The maximum atomic E-state index is 12.1. The topological polar surface area (TPSA) is 70.1 Å². The first-order valence-electron chi connectivity index (χ1n) is 7.32. The van der Waals surface area contributed by atoms with Gasteiger partial charge in [0.2, 0.25) is 0 Å². The van der Waals surface area contributed by atoms with Crippen LogP contribution in [-0.2, 0) is 16.0 Å². The Labute approximate surface area is 125 Å². The van der Waals surface area contributed by atoms with E-state index in [1.165, 1.54) is 7.11 Å². The molecular formula is C16H23N3O2. The molecule has 0 bridgehead atoms. The average Bonchev–Trinajstić information content (AvgIpc) is 2.79. The van der Waals surface area contributed by atoms with Gasteiger partial charge in [-0.05, 0) is 24.5 Å². The van der Waals surface area contributed by atoms with Crippen LogP contribution in [0.3, 0.4) is 0 Å². The third-order valence-electron chi connectivity index (χ3n) is 3.59. The van der Waals surface area contributed by atoms with Crippen LogP contribution in [0.25, 0.3) is 11.0 Å². The zero-order valence-electron chi connectivity index (χ0n) is 13.1. The van der Waals surface area contributed by atoms with Gasteiger partial charge in [-0.3, -0.25) is 0 Å². The number of aromatic nitrogens is 2. The molecular weight excluding hydrogens is 266 g/mol. The number of nitrogens with zero attached hydrogens (tertiary/aromatic N) is 2. The van der Waals surface area contributed by atoms with Crippen molar-refractivity contribution in [3.05, 3.63) is 24.0 Å². The SMILES string of the molecule is CCC(C(=O)OC)n1c(CC(C)C)nc2c(N)cccc21. The summed E-state index contributed by atoms with van der Waals surface area (Å²) in [7, 11) is 1.42. The van der Waals surface area contributed by atoms with Crippen LogP contribution in [0.5, 0.6) is 0 Å². The summed E-state index contributed by atoms with van der Waals surface area (Å²) in [6.45, 7) is 6.23. The molecule has 1 unspecified atom stereocenters. The monoisotopic (exact) mass is 289 g/mol. The molecule has 114 valence electrons. The van der Waals surface area contributed by atoms with Crippen LogP contribution in [0.4, 0.5) is 5.69 Å². The van der Waals surface area contributed by atoms with Gasteiger partial charge in [-0.15, -0.1) is 0 Å². The molecule has 0 fully saturated rings. The van der Waals surface area contributed by atoms with Crippen LogP contribution in [0.2, 0.25) is 0 Å². The molecule has 0 aliphatic carbocycles. The summed E-state index contributed by atoms with van der Waals surface area (Å²) in [6.07, 6.45) is 1.44. The van der Waals surface area contributed by atoms with E-state index >= 15 is 0 Å². The van der Waals surface area contributed by atoms with Crippen LogP contribution in [0.1, 0.15) is 39.1 Å². The number of benzene rings is 1. The molecule has 0 radical (unpaired) electrons. The molecule has 5 heteroatoms. The van der Waals surface area contributed by atoms with E-state index in [1.807, 2.05) is 29.7 Å². The Hall–Kier alpha value is -2.04. The third kappa shape index (κ3) is 2.86. The Balaban J connectivity index is 2.67. The summed E-state index contributed by atoms with van der Waals surface area (Å²) in [4.78, 5) is 16.8. The van der Waals surface area contributed by atoms with E-state index in [9.17, 15) is 4.79 Å². The van der Waals surface area contributed by atoms with E-state index < -0.39 is 0 Å². The lowest BCUT2D eigenvalue weighted by atomic mass is 10.1. The maximum absolute atomic E-state index is 12.1. The molecule has 1 heterocycles. The fraction of sp³-hybridized carbons (Fsp3) is 0.500. The number of imidazole rings is 1. The van der Waals surface area contributed by atoms with E-state index in [0.717, 1.165) is 23.3 Å². The van der Waals surface area contributed by atoms with Crippen molar-refractivity contribution in [3.63, 3.8) is 0 Å². The van der Waals surface area contributed by atoms with Crippen LogP contribution in [0.15, 0.2) is 18.2 Å². The lowest BCUT2D eigenvalue weighted by Crippen LogP contribution is -2.22. The van der Waals surface area contributed by atoms with Gasteiger partial charge in [0, 0.05) is 6.42 Å². The Morgan fingerprint density at radius 3 is 2.71 bits per heavy atom. The summed E-state index contributed by atoms with van der Waals surface area (Å²) in [5, 5.41) is 0. The normalized spacial score (nSPS) is 12.8. The van der Waals surface area contributed by atoms with Gasteiger partial charge in [-0.1, -0.05) is 26.8 Å². The summed E-state index contributed by atoms with van der Waals surface area (Å²) in [5.74, 6) is 1.08. The molecule has 21 heavy (non-hydrogen) atoms. The first-order chi connectivity index (χ1) is 9.99. The molecule has 0 saturated heterocycles. The fourth-order valence-corrected chi connectivity index (χ4v) is 2.63. The maximum Gasteiger partial charge on any atom is 0.328 e. The van der Waals surface area contributed by atoms with Crippen molar-refractivity contribution in [1.82, 2.24) is 9.55 Å². The molecule has 0 saturated carbocycles. The molecule has 5 nitrogen and oxygen atoms in total. The second-order valence-electron chi connectivity index (χ2n) is 5.66. The van der Waals surface area contributed by atoms with Crippen molar-refractivity contribution in [1.29, 1.82) is 0 Å². The number of carbonyl (C=O) groups excluding carboxylic acids is 1. The van der Waals surface area contributed by atoms with Gasteiger partial charge in [0.15, 0.2) is 0 Å². The number of methoxy groups -OCH3 is 1. The quantitative estimate of drug-likeness (QED) is 0.678. The van der Waals surface area contributed by atoms with Crippen molar-refractivity contribution in [2.45, 2.75) is 39.7 Å². The van der Waals surface area contributed by atoms with Crippen LogP contribution >= 0.6 is 0 Å². The minimum absolute atomic E-state index is 0.246. The van der Waals surface area contributed by atoms with Gasteiger partial charge in [0.05, 0.1) is 18.3 Å². The molecule has 0 aliphatic heterocycles. The van der Waals surface area contributed by atoms with Crippen LogP contribution in [0, 0.1) is 5.92 Å². The zero-order valence-corrected chi connectivity index (χ0v) is 13.1. The van der Waals surface area contributed by atoms with Crippen molar-refractivity contribution >= 4 is 22.7 Å². The van der Waals surface area contributed by atoms with Gasteiger partial charge in [-0.25, -0.2) is 9.78 Å². The first kappa shape index (κ1) is 15.4. The van der Waals surface area contributed by atoms with E-state index in [2.05, 4.69) is 18.8 Å². The predicted octanol–water partition coefficient (Wildman–Crippen LogP) is 2.94. The molecule has 2 rings (SSSR count). The van der Waals surface area contributed by atoms with Gasteiger partial charge in [0.25, 0.3) is 0 Å². The molecule has 2 N–H and O–H groups in total. The van der Waals surface area contributed by atoms with Gasteiger partial charge in [-0.2, -0.15) is 0 Å². The number of anilines is 1. The third-order valence-corrected chi connectivity index (χ3v) is 3.59. The highest BCUT2D eigenvalue weighted by molar-refractivity contribution is 5.89. The van der Waals surface area contributed by atoms with Gasteiger partial charge in [0.1, 0.15) is 17.4 Å². The van der Waals surface area contributed by atoms with Crippen molar-refractivity contribution in [2.75, 3.05) is 12.8 Å². The van der Waals surface area contributed by atoms with Crippen LogP contribution < -0.4 is 5.73 Å². The number of ether oxygens (including phenoxy) is 1. The minimum Gasteiger partial charge on any atom is -0.467 e. The molecule has 2 aromatic rings. The number of nitrogen functional groups attached to an aromatic ring is 1. The lowest BCUT2D eigenvalue weighted by molar-refractivity contribution is -0.144. The number of esters is 1. The fourth-order valence-electron chi connectivity index (χ4n) is 2.63. The largest absolute Gasteiger partial charge is 0.467 e. The Morgan fingerprint density at radius 1 is 1.43 bits per heavy atom. The van der Waals surface area contributed by atoms with Gasteiger partial charge >= 0.3 is 5.97 Å². The van der Waals surface area contributed by atoms with Gasteiger partial charge < -0.3 is 15.0 Å². The smallest absolute Gasteiger partial charge is 0.328 e. The second-order valence-corrected chi connectivity index (χ2v) is 5.66. The number of rotatable bonds is 5. The molecule has 1 atom stereocenters. The van der Waals surface area contributed by atoms with E-state index in [0.29, 0.717) is 18.0 Å². The van der Waals surface area contributed by atoms with Crippen molar-refractivity contribution in [3.8, 4) is 0 Å². The standard InChI is InChI=1S/C16H23N3O2/c1-5-12(16(20)21-4)19-13-8-6-7-11(17)15(13)18-14(19)9-10(2)3/h6-8,10,12H,5,9,17H2,1-4H3. The highest BCUT2D eigenvalue weighted by Gasteiger charge is 2.25. The summed E-state index contributed by atoms with van der Waals surface area (Å²) >= 11 is 0. The molecule has 1 aromatic heterocycles. The lowest BCUT2D eigenvalue weighted by Gasteiger charge is -2.19. The first-order valence-corrected chi connectivity index (χ1v) is 7.32. The number of carbonyl (C=O) groups is 1. The zero-order chi connectivity index (χ0) is 15.6. The van der Waals surface area contributed by atoms with E-state index in [1.54, 1.807) is 0 Å². The number of nitrogens with two attached hydrogens (primary N) is 1. The van der Waals surface area contributed by atoms with Crippen molar-refractivity contribution < 1.29 is 9.53 Å². The summed E-state index contributed by atoms with van der Waals surface area (Å²) < 4.78 is 6.93. The second kappa shape index (κ2) is 6.16. The molecule has 1 aromatic carbocycles. The Bertz CT molecular complexity index is 646. The average molecular weight is 289 g/mol. The highest BCUT2D eigenvalue weighted by Crippen LogP contribution is 2.28. The van der Waals surface area contributed by atoms with E-state index in [4.69, 9.17) is 10.5 Å². The minimum atomic E-state index is -0.365. The number of hydrogen-bond acceptors (Lipinski definition) is 4. The number of para-hydroxylation sites is 1. The van der Waals surface area contributed by atoms with Crippen molar-refractivity contribution in [2.24, 2.45) is 5.92 Å². The highest BCUT2D eigenvalue weighted by atomic mass is 16.5. The van der Waals surface area contributed by atoms with Crippen LogP contribution in [-0.4, -0.2) is 22.6 Å². The summed E-state index contributed by atoms with van der Waals surface area (Å²) in [5.41, 5.74) is 8.31. The van der Waals surface area contributed by atoms with E-state index in [-0.39, 0.29) is 12.0 Å². The predicted molar refractivity (Wildman–Crippen MR) is 84.0 cm³/mol. The Kier molecular flexibility index (Phi) is 4.50. The number of fused-ring (bicyclic) bond motifs is 1. The summed E-state index contributed by atoms with van der Waals surface area (Å²) in [6, 6.07) is 5.31.